The number of nitriles is 1. The zero-order valence-electron chi connectivity index (χ0n) is 20.1. The van der Waals surface area contributed by atoms with Crippen LogP contribution in [0.4, 0.5) is 4.39 Å². The molecule has 1 aromatic heterocycles. The molecule has 4 rings (SSSR count). The third-order valence-electron chi connectivity index (χ3n) is 5.96. The Hall–Kier alpha value is -3.00. The molecule has 0 aliphatic carbocycles. The molecule has 1 aliphatic heterocycles. The Morgan fingerprint density at radius 1 is 1.27 bits per heavy atom. The molecule has 10 heteroatoms. The summed E-state index contributed by atoms with van der Waals surface area (Å²) in [5.74, 6) is -0.453. The highest BCUT2D eigenvalue weighted by Crippen LogP contribution is 2.37. The molecule has 7 nitrogen and oxygen atoms in total. The van der Waals surface area contributed by atoms with Crippen LogP contribution in [0.15, 0.2) is 73.3 Å². The third kappa shape index (κ3) is 7.06. The van der Waals surface area contributed by atoms with Gasteiger partial charge >= 0.3 is 0 Å². The molecule has 192 valence electrons. The molecule has 0 amide bonds. The summed E-state index contributed by atoms with van der Waals surface area (Å²) in [6.07, 6.45) is 9.28. The minimum absolute atomic E-state index is 0.0116. The van der Waals surface area contributed by atoms with Crippen molar-refractivity contribution in [3.05, 3.63) is 101 Å². The van der Waals surface area contributed by atoms with Crippen molar-refractivity contribution in [1.29, 1.82) is 5.26 Å². The fourth-order valence-corrected chi connectivity index (χ4v) is 5.35. The Bertz CT molecular complexity index is 1270. The van der Waals surface area contributed by atoms with Gasteiger partial charge in [0.1, 0.15) is 24.1 Å². The zero-order chi connectivity index (χ0) is 26.3. The van der Waals surface area contributed by atoms with E-state index in [1.165, 1.54) is 12.4 Å². The molecular weight excluding hydrogens is 515 g/mol. The average Bonchev–Trinajstić information content (AvgIpc) is 3.41. The summed E-state index contributed by atoms with van der Waals surface area (Å²) in [6.45, 7) is 3.08. The van der Waals surface area contributed by atoms with Crippen LogP contribution in [0, 0.1) is 17.1 Å². The van der Waals surface area contributed by atoms with E-state index in [1.54, 1.807) is 71.3 Å². The van der Waals surface area contributed by atoms with Gasteiger partial charge in [-0.25, -0.2) is 14.1 Å². The number of halogens is 2. The molecule has 1 aliphatic rings. The summed E-state index contributed by atoms with van der Waals surface area (Å²) in [6, 6.07) is 13.4. The lowest BCUT2D eigenvalue weighted by Crippen LogP contribution is -2.43. The number of ether oxygens (including phenoxy) is 2. The number of rotatable bonds is 9. The third-order valence-corrected chi connectivity index (χ3v) is 7.67. The fourth-order valence-electron chi connectivity index (χ4n) is 3.89. The molecule has 0 radical (unpaired) electrons. The van der Waals surface area contributed by atoms with Gasteiger partial charge in [0.15, 0.2) is 6.29 Å². The summed E-state index contributed by atoms with van der Waals surface area (Å²) < 4.78 is 27.3. The number of hydrogen-bond acceptors (Lipinski definition) is 7. The Morgan fingerprint density at radius 3 is 2.68 bits per heavy atom. The smallest absolute Gasteiger partial charge is 0.177 e. The molecule has 37 heavy (non-hydrogen) atoms. The van der Waals surface area contributed by atoms with Gasteiger partial charge in [0, 0.05) is 15.8 Å². The van der Waals surface area contributed by atoms with Crippen molar-refractivity contribution < 1.29 is 19.0 Å². The molecule has 3 aromatic rings. The number of nitrogens with zero attached hydrogens (tertiary/aromatic N) is 4. The summed E-state index contributed by atoms with van der Waals surface area (Å²) in [5, 5.41) is 25.2. The molecule has 2 atom stereocenters. The SMILES string of the molecule is C[C@@H](SC1COC(C=CC=Cc2ccc(C#N)cc2F)OC1)[C@](O)(Cn1cncn1)c1ccc(Cl)cc1. The predicted molar refractivity (Wildman–Crippen MR) is 141 cm³/mol. The second kappa shape index (κ2) is 12.5. The molecule has 0 saturated carbocycles. The van der Waals surface area contributed by atoms with Crippen LogP contribution in [0.25, 0.3) is 6.08 Å². The van der Waals surface area contributed by atoms with Gasteiger partial charge in [0.2, 0.25) is 0 Å². The van der Waals surface area contributed by atoms with Gasteiger partial charge in [-0.1, -0.05) is 55.0 Å². The Balaban J connectivity index is 1.33. The first-order valence-corrected chi connectivity index (χ1v) is 12.9. The predicted octanol–water partition coefficient (Wildman–Crippen LogP) is 4.96. The van der Waals surface area contributed by atoms with Crippen molar-refractivity contribution in [2.75, 3.05) is 13.2 Å². The lowest BCUT2D eigenvalue weighted by molar-refractivity contribution is -0.146. The maximum Gasteiger partial charge on any atom is 0.177 e. The van der Waals surface area contributed by atoms with E-state index in [-0.39, 0.29) is 22.6 Å². The number of aliphatic hydroxyl groups is 1. The van der Waals surface area contributed by atoms with Crippen molar-refractivity contribution >= 4 is 29.4 Å². The number of benzene rings is 2. The minimum atomic E-state index is -1.23. The molecule has 1 saturated heterocycles. The van der Waals surface area contributed by atoms with Crippen LogP contribution in [0.5, 0.6) is 0 Å². The molecule has 0 spiro atoms. The Kier molecular flexibility index (Phi) is 9.14. The molecule has 2 heterocycles. The van der Waals surface area contributed by atoms with Gasteiger partial charge in [-0.2, -0.15) is 10.4 Å². The summed E-state index contributed by atoms with van der Waals surface area (Å²) in [4.78, 5) is 3.99. The van der Waals surface area contributed by atoms with E-state index in [1.807, 2.05) is 25.1 Å². The van der Waals surface area contributed by atoms with Crippen LogP contribution >= 0.6 is 23.4 Å². The van der Waals surface area contributed by atoms with E-state index < -0.39 is 17.7 Å². The fraction of sp³-hybridized carbons (Fsp3) is 0.296. The zero-order valence-corrected chi connectivity index (χ0v) is 21.6. The van der Waals surface area contributed by atoms with Crippen molar-refractivity contribution in [2.45, 2.75) is 35.9 Å². The first kappa shape index (κ1) is 27.0. The molecule has 0 unspecified atom stereocenters. The Morgan fingerprint density at radius 2 is 2.03 bits per heavy atom. The normalized spacial score (nSPS) is 20.6. The highest BCUT2D eigenvalue weighted by Gasteiger charge is 2.39. The minimum Gasteiger partial charge on any atom is -0.382 e. The van der Waals surface area contributed by atoms with Crippen LogP contribution in [-0.4, -0.2) is 49.9 Å². The molecule has 1 N–H and O–H groups in total. The highest BCUT2D eigenvalue weighted by molar-refractivity contribution is 8.00. The van der Waals surface area contributed by atoms with E-state index in [4.69, 9.17) is 26.3 Å². The van der Waals surface area contributed by atoms with Crippen molar-refractivity contribution in [1.82, 2.24) is 14.8 Å². The van der Waals surface area contributed by atoms with E-state index >= 15 is 0 Å². The van der Waals surface area contributed by atoms with Gasteiger partial charge in [-0.3, -0.25) is 0 Å². The van der Waals surface area contributed by atoms with E-state index in [2.05, 4.69) is 10.1 Å². The van der Waals surface area contributed by atoms with E-state index in [0.717, 1.165) is 5.56 Å². The first-order valence-electron chi connectivity index (χ1n) is 11.6. The highest BCUT2D eigenvalue weighted by atomic mass is 35.5. The van der Waals surface area contributed by atoms with Gasteiger partial charge < -0.3 is 14.6 Å². The monoisotopic (exact) mass is 540 g/mol. The van der Waals surface area contributed by atoms with Crippen LogP contribution in [0.1, 0.15) is 23.6 Å². The standard InChI is InChI=1S/C27H26ClFN4O3S/c1-19(27(34,16-33-18-31-17-32-33)22-8-10-23(28)11-9-22)37-24-14-35-26(36-15-24)5-3-2-4-21-7-6-20(13-30)12-25(21)29/h2-12,17-19,24,26,34H,14-16H2,1H3/t19-,24?,26?,27-/m1/s1. The second-order valence-electron chi connectivity index (χ2n) is 8.55. The summed E-state index contributed by atoms with van der Waals surface area (Å²) >= 11 is 7.65. The summed E-state index contributed by atoms with van der Waals surface area (Å²) in [5.41, 5.74) is 0.168. The van der Waals surface area contributed by atoms with Crippen molar-refractivity contribution in [3.63, 3.8) is 0 Å². The molecule has 0 bridgehead atoms. The van der Waals surface area contributed by atoms with Gasteiger partial charge in [-0.05, 0) is 35.9 Å². The van der Waals surface area contributed by atoms with E-state index in [9.17, 15) is 9.50 Å². The van der Waals surface area contributed by atoms with E-state index in [0.29, 0.717) is 23.8 Å². The lowest BCUT2D eigenvalue weighted by atomic mass is 9.90. The number of aromatic nitrogens is 3. The van der Waals surface area contributed by atoms with Gasteiger partial charge in [0.25, 0.3) is 0 Å². The van der Waals surface area contributed by atoms with Crippen LogP contribution in [0.3, 0.4) is 0 Å². The topological polar surface area (TPSA) is 93.2 Å². The summed E-state index contributed by atoms with van der Waals surface area (Å²) in [7, 11) is 0. The van der Waals surface area contributed by atoms with Crippen LogP contribution < -0.4 is 0 Å². The largest absolute Gasteiger partial charge is 0.382 e. The molecule has 1 fully saturated rings. The Labute approximate surface area is 224 Å². The molecular formula is C27H26ClFN4O3S. The van der Waals surface area contributed by atoms with Gasteiger partial charge in [0.05, 0.1) is 36.6 Å². The maximum absolute atomic E-state index is 14.0. The number of hydrogen-bond donors (Lipinski definition) is 1. The average molecular weight is 541 g/mol. The second-order valence-corrected chi connectivity index (χ2v) is 10.6. The first-order chi connectivity index (χ1) is 17.9. The maximum atomic E-state index is 14.0. The molecule has 2 aromatic carbocycles. The van der Waals surface area contributed by atoms with Crippen LogP contribution in [0.2, 0.25) is 5.02 Å². The quantitative estimate of drug-likeness (QED) is 0.383. The van der Waals surface area contributed by atoms with Crippen molar-refractivity contribution in [2.24, 2.45) is 0 Å². The number of allylic oxidation sites excluding steroid dienone is 2. The van der Waals surface area contributed by atoms with Crippen molar-refractivity contribution in [3.8, 4) is 6.07 Å². The number of thioether (sulfide) groups is 1. The van der Waals surface area contributed by atoms with Gasteiger partial charge in [-0.15, -0.1) is 11.8 Å². The van der Waals surface area contributed by atoms with Crippen LogP contribution in [-0.2, 0) is 21.6 Å². The lowest BCUT2D eigenvalue weighted by Gasteiger charge is -2.37.